The Kier molecular flexibility index (Phi) is 5.97. The van der Waals surface area contributed by atoms with Crippen molar-refractivity contribution < 1.29 is 14.7 Å². The van der Waals surface area contributed by atoms with Gasteiger partial charge in [-0.1, -0.05) is 13.3 Å². The average molecular weight is 288 g/mol. The molecule has 0 aromatic rings. The molecule has 1 saturated carbocycles. The molecule has 110 valence electrons. The molecule has 3 atom stereocenters. The van der Waals surface area contributed by atoms with Gasteiger partial charge in [0.15, 0.2) is 0 Å². The molecule has 1 fully saturated rings. The Labute approximate surface area is 118 Å². The average Bonchev–Trinajstić information content (AvgIpc) is 2.38. The predicted molar refractivity (Wildman–Crippen MR) is 77.6 cm³/mol. The Hall–Kier alpha value is -0.910. The monoisotopic (exact) mass is 288 g/mol. The van der Waals surface area contributed by atoms with Crippen molar-refractivity contribution in [2.75, 3.05) is 6.26 Å². The Balaban J connectivity index is 2.48. The molecular weight excluding hydrogens is 264 g/mol. The van der Waals surface area contributed by atoms with Crippen LogP contribution in [0.4, 0.5) is 4.79 Å². The van der Waals surface area contributed by atoms with Crippen LogP contribution in [-0.4, -0.2) is 40.2 Å². The summed E-state index contributed by atoms with van der Waals surface area (Å²) < 4.78 is 0. The number of rotatable bonds is 5. The van der Waals surface area contributed by atoms with E-state index in [0.717, 1.165) is 19.3 Å². The molecule has 0 radical (unpaired) electrons. The van der Waals surface area contributed by atoms with Crippen LogP contribution in [0.1, 0.15) is 46.0 Å². The van der Waals surface area contributed by atoms with E-state index in [2.05, 4.69) is 16.9 Å². The van der Waals surface area contributed by atoms with Gasteiger partial charge in [0.1, 0.15) is 5.54 Å². The number of amides is 2. The van der Waals surface area contributed by atoms with Crippen molar-refractivity contribution in [3.63, 3.8) is 0 Å². The van der Waals surface area contributed by atoms with Gasteiger partial charge in [-0.05, 0) is 38.9 Å². The fourth-order valence-corrected chi connectivity index (χ4v) is 3.08. The summed E-state index contributed by atoms with van der Waals surface area (Å²) in [6.07, 6.45) is 6.69. The van der Waals surface area contributed by atoms with Gasteiger partial charge in [0.25, 0.3) is 0 Å². The van der Waals surface area contributed by atoms with Gasteiger partial charge in [0.05, 0.1) is 0 Å². The summed E-state index contributed by atoms with van der Waals surface area (Å²) in [6.45, 7) is 3.28. The number of aliphatic carboxylic acids is 1. The lowest BCUT2D eigenvalue weighted by atomic mass is 9.95. The van der Waals surface area contributed by atoms with Crippen molar-refractivity contribution in [1.29, 1.82) is 0 Å². The van der Waals surface area contributed by atoms with E-state index in [-0.39, 0.29) is 12.1 Å². The van der Waals surface area contributed by atoms with E-state index in [1.165, 1.54) is 13.3 Å². The maximum atomic E-state index is 11.9. The largest absolute Gasteiger partial charge is 0.480 e. The summed E-state index contributed by atoms with van der Waals surface area (Å²) in [5, 5.41) is 15.2. The zero-order valence-electron chi connectivity index (χ0n) is 11.9. The molecule has 3 N–H and O–H groups in total. The molecule has 0 aromatic carbocycles. The first-order chi connectivity index (χ1) is 8.91. The first kappa shape index (κ1) is 16.1. The lowest BCUT2D eigenvalue weighted by molar-refractivity contribution is -0.143. The van der Waals surface area contributed by atoms with Gasteiger partial charge in [0.2, 0.25) is 0 Å². The molecular formula is C13H24N2O3S. The number of carbonyl (C=O) groups excluding carboxylic acids is 1. The molecule has 2 amide bonds. The maximum absolute atomic E-state index is 11.9. The molecule has 0 saturated heterocycles. The van der Waals surface area contributed by atoms with Crippen LogP contribution in [-0.2, 0) is 4.79 Å². The Morgan fingerprint density at radius 1 is 1.42 bits per heavy atom. The second-order valence-electron chi connectivity index (χ2n) is 5.31. The highest BCUT2D eigenvalue weighted by atomic mass is 32.2. The Morgan fingerprint density at radius 3 is 2.63 bits per heavy atom. The molecule has 0 heterocycles. The number of thioether (sulfide) groups is 1. The topological polar surface area (TPSA) is 78.4 Å². The van der Waals surface area contributed by atoms with Crippen molar-refractivity contribution in [3.05, 3.63) is 0 Å². The third kappa shape index (κ3) is 4.60. The number of hydrogen-bond acceptors (Lipinski definition) is 3. The quantitative estimate of drug-likeness (QED) is 0.725. The van der Waals surface area contributed by atoms with Crippen molar-refractivity contribution >= 4 is 23.8 Å². The molecule has 19 heavy (non-hydrogen) atoms. The van der Waals surface area contributed by atoms with Gasteiger partial charge in [-0.2, -0.15) is 11.8 Å². The lowest BCUT2D eigenvalue weighted by Gasteiger charge is -2.31. The maximum Gasteiger partial charge on any atom is 0.329 e. The van der Waals surface area contributed by atoms with Crippen LogP contribution >= 0.6 is 11.8 Å². The van der Waals surface area contributed by atoms with E-state index in [1.54, 1.807) is 6.92 Å². The van der Waals surface area contributed by atoms with Gasteiger partial charge in [-0.25, -0.2) is 9.59 Å². The summed E-state index contributed by atoms with van der Waals surface area (Å²) >= 11 is 1.83. The Morgan fingerprint density at radius 2 is 2.11 bits per heavy atom. The standard InChI is InChI=1S/C13H24N2O3S/c1-4-13(2,11(16)17)15-12(18)14-9-6-5-7-10(8-9)19-3/h9-10H,4-8H2,1-3H3,(H,16,17)(H2,14,15,18). The molecule has 0 aliphatic heterocycles. The lowest BCUT2D eigenvalue weighted by Crippen LogP contribution is -2.56. The van der Waals surface area contributed by atoms with Crippen LogP contribution in [0.15, 0.2) is 0 Å². The van der Waals surface area contributed by atoms with E-state index in [1.807, 2.05) is 11.8 Å². The van der Waals surface area contributed by atoms with Crippen molar-refractivity contribution in [2.24, 2.45) is 0 Å². The van der Waals surface area contributed by atoms with Crippen LogP contribution in [0.2, 0.25) is 0 Å². The fraction of sp³-hybridized carbons (Fsp3) is 0.846. The van der Waals surface area contributed by atoms with Crippen LogP contribution in [0.5, 0.6) is 0 Å². The fourth-order valence-electron chi connectivity index (χ4n) is 2.26. The highest BCUT2D eigenvalue weighted by Crippen LogP contribution is 2.26. The molecule has 6 heteroatoms. The second-order valence-corrected chi connectivity index (χ2v) is 6.45. The molecule has 1 aliphatic rings. The van der Waals surface area contributed by atoms with E-state index in [4.69, 9.17) is 5.11 Å². The van der Waals surface area contributed by atoms with Crippen molar-refractivity contribution in [3.8, 4) is 0 Å². The summed E-state index contributed by atoms with van der Waals surface area (Å²) in [7, 11) is 0. The SMILES string of the molecule is CCC(C)(NC(=O)NC1CCCC(SC)C1)C(=O)O. The highest BCUT2D eigenvalue weighted by Gasteiger charge is 2.33. The Bertz CT molecular complexity index is 338. The van der Waals surface area contributed by atoms with Crippen LogP contribution in [0.3, 0.4) is 0 Å². The second kappa shape index (κ2) is 7.03. The third-order valence-corrected chi connectivity index (χ3v) is 4.96. The summed E-state index contributed by atoms with van der Waals surface area (Å²) in [4.78, 5) is 23.0. The zero-order chi connectivity index (χ0) is 14.5. The molecule has 5 nitrogen and oxygen atoms in total. The zero-order valence-corrected chi connectivity index (χ0v) is 12.7. The minimum absolute atomic E-state index is 0.154. The number of urea groups is 1. The minimum atomic E-state index is -1.20. The smallest absolute Gasteiger partial charge is 0.329 e. The van der Waals surface area contributed by atoms with E-state index < -0.39 is 11.5 Å². The van der Waals surface area contributed by atoms with Gasteiger partial charge in [0, 0.05) is 11.3 Å². The van der Waals surface area contributed by atoms with E-state index in [0.29, 0.717) is 11.7 Å². The molecule has 0 spiro atoms. The summed E-state index contributed by atoms with van der Waals surface area (Å²) in [5.41, 5.74) is -1.20. The van der Waals surface area contributed by atoms with Gasteiger partial charge in [-0.15, -0.1) is 0 Å². The normalized spacial score (nSPS) is 26.3. The van der Waals surface area contributed by atoms with Gasteiger partial charge >= 0.3 is 12.0 Å². The van der Waals surface area contributed by atoms with Gasteiger partial charge < -0.3 is 15.7 Å². The van der Waals surface area contributed by atoms with Crippen molar-refractivity contribution in [1.82, 2.24) is 10.6 Å². The first-order valence-corrected chi connectivity index (χ1v) is 8.05. The number of carbonyl (C=O) groups is 2. The van der Waals surface area contributed by atoms with Crippen LogP contribution in [0.25, 0.3) is 0 Å². The molecule has 3 unspecified atom stereocenters. The number of carboxylic acid groups (broad SMARTS) is 1. The summed E-state index contributed by atoms with van der Waals surface area (Å²) in [5.74, 6) is -1.00. The first-order valence-electron chi connectivity index (χ1n) is 6.76. The minimum Gasteiger partial charge on any atom is -0.480 e. The van der Waals surface area contributed by atoms with Crippen LogP contribution in [0, 0.1) is 0 Å². The van der Waals surface area contributed by atoms with Crippen molar-refractivity contribution in [2.45, 2.75) is 62.8 Å². The van der Waals surface area contributed by atoms with E-state index >= 15 is 0 Å². The van der Waals surface area contributed by atoms with E-state index in [9.17, 15) is 9.59 Å². The molecule has 0 bridgehead atoms. The number of hydrogen-bond donors (Lipinski definition) is 3. The van der Waals surface area contributed by atoms with Gasteiger partial charge in [-0.3, -0.25) is 0 Å². The molecule has 1 rings (SSSR count). The highest BCUT2D eigenvalue weighted by molar-refractivity contribution is 7.99. The third-order valence-electron chi connectivity index (χ3n) is 3.86. The van der Waals surface area contributed by atoms with Crippen LogP contribution < -0.4 is 10.6 Å². The molecule has 1 aliphatic carbocycles. The number of carboxylic acids is 1. The summed E-state index contributed by atoms with van der Waals surface area (Å²) in [6, 6.07) is -0.223. The predicted octanol–water partition coefficient (Wildman–Crippen LogP) is 2.21. The number of nitrogens with one attached hydrogen (secondary N) is 2. The molecule has 0 aromatic heterocycles.